The average molecular weight is 584 g/mol. The lowest BCUT2D eigenvalue weighted by Crippen LogP contribution is -2.41. The predicted octanol–water partition coefficient (Wildman–Crippen LogP) is 6.98. The molecule has 220 valence electrons. The monoisotopic (exact) mass is 584 g/mol. The van der Waals surface area contributed by atoms with Crippen molar-refractivity contribution >= 4 is 40.6 Å². The fraction of sp³-hybridized carbons (Fsp3) is 0.222. The first-order valence-electron chi connectivity index (χ1n) is 14.8. The third-order valence-electron chi connectivity index (χ3n) is 8.74. The summed E-state index contributed by atoms with van der Waals surface area (Å²) in [4.78, 5) is 20.5. The smallest absolute Gasteiger partial charge is 0.473 e. The first-order chi connectivity index (χ1) is 21.2. The zero-order valence-corrected chi connectivity index (χ0v) is 25.2. The molecule has 0 bridgehead atoms. The lowest BCUT2D eigenvalue weighted by Gasteiger charge is -2.32. The lowest BCUT2D eigenvalue weighted by atomic mass is 9.75. The van der Waals surface area contributed by atoms with Gasteiger partial charge in [-0.3, -0.25) is 9.69 Å². The molecule has 7 rings (SSSR count). The van der Waals surface area contributed by atoms with Gasteiger partial charge < -0.3 is 18.8 Å². The Morgan fingerprint density at radius 1 is 0.705 bits per heavy atom. The summed E-state index contributed by atoms with van der Waals surface area (Å²) in [6.45, 7) is 8.80. The second-order valence-corrected chi connectivity index (χ2v) is 12.2. The second kappa shape index (κ2) is 10.8. The fourth-order valence-electron chi connectivity index (χ4n) is 5.65. The Labute approximate surface area is 257 Å². The van der Waals surface area contributed by atoms with Gasteiger partial charge in [0, 0.05) is 11.5 Å². The minimum atomic E-state index is -0.555. The molecule has 0 atom stereocenters. The van der Waals surface area contributed by atoms with Crippen LogP contribution in [0.5, 0.6) is 11.8 Å². The fourth-order valence-corrected chi connectivity index (χ4v) is 5.65. The molecule has 1 saturated heterocycles. The summed E-state index contributed by atoms with van der Waals surface area (Å²) >= 11 is 0. The van der Waals surface area contributed by atoms with Crippen LogP contribution in [0.15, 0.2) is 103 Å². The molecule has 2 aliphatic rings. The third-order valence-corrected chi connectivity index (χ3v) is 8.74. The Bertz CT molecular complexity index is 1840. The van der Waals surface area contributed by atoms with Crippen molar-refractivity contribution in [2.45, 2.75) is 52.1 Å². The molecule has 1 aromatic heterocycles. The maximum atomic E-state index is 14.1. The van der Waals surface area contributed by atoms with E-state index in [-0.39, 0.29) is 12.5 Å². The summed E-state index contributed by atoms with van der Waals surface area (Å²) in [6, 6.07) is 33.1. The number of pyridine rings is 1. The molecule has 3 heterocycles. The molecule has 2 aliphatic heterocycles. The molecule has 5 aromatic rings. The van der Waals surface area contributed by atoms with E-state index in [2.05, 4.69) is 0 Å². The van der Waals surface area contributed by atoms with Crippen LogP contribution in [0.1, 0.15) is 49.2 Å². The van der Waals surface area contributed by atoms with Crippen LogP contribution in [-0.2, 0) is 22.5 Å². The minimum absolute atomic E-state index is 0.152. The van der Waals surface area contributed by atoms with Crippen molar-refractivity contribution in [1.82, 2.24) is 4.98 Å². The van der Waals surface area contributed by atoms with E-state index >= 15 is 0 Å². The van der Waals surface area contributed by atoms with E-state index < -0.39 is 18.3 Å². The van der Waals surface area contributed by atoms with Gasteiger partial charge in [-0.25, -0.2) is 0 Å². The molecule has 0 radical (unpaired) electrons. The van der Waals surface area contributed by atoms with Crippen molar-refractivity contribution in [2.24, 2.45) is 0 Å². The number of nitrogens with zero attached hydrogens (tertiary/aromatic N) is 2. The zero-order chi connectivity index (χ0) is 30.5. The molecular weight excluding hydrogens is 551 g/mol. The molecule has 0 aliphatic carbocycles. The van der Waals surface area contributed by atoms with Crippen molar-refractivity contribution < 1.29 is 23.6 Å². The quantitative estimate of drug-likeness (QED) is 0.183. The van der Waals surface area contributed by atoms with E-state index in [1.807, 2.05) is 125 Å². The largest absolute Gasteiger partial charge is 0.495 e. The SMILES string of the molecule is CC1(C)OB(c2ccc3c4c(cccc24)N(c2ccc(OCc4ccccc4)nc2OCc2ccccc2)C3=O)OC1(C)C. The Morgan fingerprint density at radius 2 is 1.34 bits per heavy atom. The summed E-state index contributed by atoms with van der Waals surface area (Å²) in [5.41, 5.74) is 3.84. The highest BCUT2D eigenvalue weighted by atomic mass is 16.7. The van der Waals surface area contributed by atoms with Crippen LogP contribution in [0.25, 0.3) is 10.8 Å². The van der Waals surface area contributed by atoms with Gasteiger partial charge in [0.2, 0.25) is 11.8 Å². The van der Waals surface area contributed by atoms with Crippen LogP contribution in [0, 0.1) is 0 Å². The van der Waals surface area contributed by atoms with Crippen LogP contribution >= 0.6 is 0 Å². The summed E-state index contributed by atoms with van der Waals surface area (Å²) < 4.78 is 25.1. The molecule has 0 unspecified atom stereocenters. The van der Waals surface area contributed by atoms with E-state index in [1.54, 1.807) is 11.0 Å². The van der Waals surface area contributed by atoms with Gasteiger partial charge in [-0.05, 0) is 67.9 Å². The van der Waals surface area contributed by atoms with Gasteiger partial charge in [-0.1, -0.05) is 78.9 Å². The number of hydrogen-bond donors (Lipinski definition) is 0. The molecule has 1 amide bonds. The number of ether oxygens (including phenoxy) is 2. The van der Waals surface area contributed by atoms with Crippen LogP contribution in [0.3, 0.4) is 0 Å². The Hall–Kier alpha value is -4.66. The van der Waals surface area contributed by atoms with Gasteiger partial charge in [0.1, 0.15) is 18.9 Å². The van der Waals surface area contributed by atoms with Crippen LogP contribution in [-0.4, -0.2) is 29.2 Å². The molecular formula is C36H33BN2O5. The summed E-state index contributed by atoms with van der Waals surface area (Å²) in [5, 5.41) is 1.76. The first kappa shape index (κ1) is 28.1. The normalized spacial score (nSPS) is 16.5. The van der Waals surface area contributed by atoms with Crippen molar-refractivity contribution in [3.63, 3.8) is 0 Å². The highest BCUT2D eigenvalue weighted by Crippen LogP contribution is 2.45. The van der Waals surface area contributed by atoms with E-state index in [9.17, 15) is 4.79 Å². The number of hydrogen-bond acceptors (Lipinski definition) is 6. The maximum absolute atomic E-state index is 14.1. The highest BCUT2D eigenvalue weighted by molar-refractivity contribution is 6.65. The minimum Gasteiger partial charge on any atom is -0.473 e. The van der Waals surface area contributed by atoms with Gasteiger partial charge in [-0.2, -0.15) is 4.98 Å². The molecule has 7 nitrogen and oxygen atoms in total. The number of anilines is 2. The zero-order valence-electron chi connectivity index (χ0n) is 25.2. The third kappa shape index (κ3) is 4.90. The molecule has 44 heavy (non-hydrogen) atoms. The molecule has 8 heteroatoms. The van der Waals surface area contributed by atoms with Gasteiger partial charge >= 0.3 is 7.12 Å². The van der Waals surface area contributed by atoms with Crippen LogP contribution in [0.4, 0.5) is 11.4 Å². The van der Waals surface area contributed by atoms with E-state index in [0.29, 0.717) is 29.6 Å². The van der Waals surface area contributed by atoms with E-state index in [4.69, 9.17) is 23.8 Å². The molecule has 0 spiro atoms. The number of benzene rings is 4. The Balaban J connectivity index is 1.27. The first-order valence-corrected chi connectivity index (χ1v) is 14.8. The molecule has 1 fully saturated rings. The summed E-state index contributed by atoms with van der Waals surface area (Å²) in [6.07, 6.45) is 0. The topological polar surface area (TPSA) is 70.1 Å². The molecule has 0 N–H and O–H groups in total. The number of carbonyl (C=O) groups is 1. The average Bonchev–Trinajstić information content (AvgIpc) is 3.44. The maximum Gasteiger partial charge on any atom is 0.495 e. The summed E-state index contributed by atoms with van der Waals surface area (Å²) in [7, 11) is -0.555. The Morgan fingerprint density at radius 3 is 2.00 bits per heavy atom. The number of rotatable bonds is 8. The summed E-state index contributed by atoms with van der Waals surface area (Å²) in [5.74, 6) is 0.566. The van der Waals surface area contributed by atoms with Crippen molar-refractivity contribution in [2.75, 3.05) is 4.90 Å². The van der Waals surface area contributed by atoms with Crippen molar-refractivity contribution in [3.05, 3.63) is 120 Å². The Kier molecular flexibility index (Phi) is 6.91. The van der Waals surface area contributed by atoms with E-state index in [0.717, 1.165) is 33.0 Å². The van der Waals surface area contributed by atoms with Crippen LogP contribution < -0.4 is 19.8 Å². The predicted molar refractivity (Wildman–Crippen MR) is 172 cm³/mol. The number of amides is 1. The lowest BCUT2D eigenvalue weighted by molar-refractivity contribution is 0.00578. The molecule has 4 aromatic carbocycles. The number of carbonyl (C=O) groups excluding carboxylic acids is 1. The molecule has 0 saturated carbocycles. The highest BCUT2D eigenvalue weighted by Gasteiger charge is 2.52. The van der Waals surface area contributed by atoms with Crippen molar-refractivity contribution in [1.29, 1.82) is 0 Å². The van der Waals surface area contributed by atoms with Gasteiger partial charge in [0.15, 0.2) is 0 Å². The van der Waals surface area contributed by atoms with E-state index in [1.165, 1.54) is 0 Å². The van der Waals surface area contributed by atoms with Crippen LogP contribution in [0.2, 0.25) is 0 Å². The van der Waals surface area contributed by atoms with Gasteiger partial charge in [-0.15, -0.1) is 0 Å². The van der Waals surface area contributed by atoms with Gasteiger partial charge in [0.05, 0.1) is 22.5 Å². The van der Waals surface area contributed by atoms with Gasteiger partial charge in [0.25, 0.3) is 5.91 Å². The van der Waals surface area contributed by atoms with Crippen molar-refractivity contribution in [3.8, 4) is 11.8 Å². The number of aromatic nitrogens is 1. The second-order valence-electron chi connectivity index (χ2n) is 12.2. The standard InChI is InChI=1S/C36H33BN2O5/c1-35(2)36(3,4)44-37(43-35)28-19-18-27-32-26(28)16-11-17-29(32)39(34(27)40)30-20-21-31(41-22-24-12-7-5-8-13-24)38-33(30)42-23-25-14-9-6-10-15-25/h5-21H,22-23H2,1-4H3.